The molecule has 3 nitrogen and oxygen atoms in total. The van der Waals surface area contributed by atoms with Crippen LogP contribution in [0.3, 0.4) is 0 Å². The monoisotopic (exact) mass is 278 g/mol. The van der Waals surface area contributed by atoms with Gasteiger partial charge in [-0.05, 0) is 42.0 Å². The maximum Gasteiger partial charge on any atom is 0.142 e. The van der Waals surface area contributed by atoms with E-state index in [1.54, 1.807) is 30.3 Å². The lowest BCUT2D eigenvalue weighted by Gasteiger charge is -2.07. The van der Waals surface area contributed by atoms with Crippen molar-refractivity contribution in [3.05, 3.63) is 64.4 Å². The van der Waals surface area contributed by atoms with Gasteiger partial charge in [0.05, 0.1) is 5.02 Å². The first-order valence-corrected chi connectivity index (χ1v) is 5.95. The molecule has 98 valence electrons. The van der Waals surface area contributed by atoms with Gasteiger partial charge in [0.1, 0.15) is 24.0 Å². The molecule has 19 heavy (non-hydrogen) atoms. The minimum Gasteiger partial charge on any atom is -0.489 e. The van der Waals surface area contributed by atoms with Crippen LogP contribution in [0.25, 0.3) is 0 Å². The first-order valence-electron chi connectivity index (χ1n) is 5.57. The van der Waals surface area contributed by atoms with Crippen molar-refractivity contribution >= 4 is 17.4 Å². The number of rotatable bonds is 4. The third kappa shape index (κ3) is 3.45. The predicted molar refractivity (Wildman–Crippen MR) is 73.2 cm³/mol. The molecule has 2 rings (SSSR count). The Kier molecular flexibility index (Phi) is 4.02. The SMILES string of the molecule is N=C(N)c1ccc(OCc2ccc(Cl)c(F)c2)cc1. The van der Waals surface area contributed by atoms with Crippen LogP contribution in [0.15, 0.2) is 42.5 Å². The van der Waals surface area contributed by atoms with Crippen molar-refractivity contribution in [3.8, 4) is 5.75 Å². The number of amidine groups is 1. The van der Waals surface area contributed by atoms with E-state index in [1.165, 1.54) is 12.1 Å². The highest BCUT2D eigenvalue weighted by atomic mass is 35.5. The molecule has 0 bridgehead atoms. The Morgan fingerprint density at radius 3 is 2.47 bits per heavy atom. The van der Waals surface area contributed by atoms with E-state index in [4.69, 9.17) is 27.5 Å². The van der Waals surface area contributed by atoms with Gasteiger partial charge in [-0.1, -0.05) is 17.7 Å². The molecule has 0 aliphatic rings. The van der Waals surface area contributed by atoms with Crippen LogP contribution in [-0.4, -0.2) is 5.84 Å². The molecule has 0 radical (unpaired) electrons. The summed E-state index contributed by atoms with van der Waals surface area (Å²) in [7, 11) is 0. The largest absolute Gasteiger partial charge is 0.489 e. The Bertz CT molecular complexity index is 599. The molecular formula is C14H12ClFN2O. The van der Waals surface area contributed by atoms with E-state index in [2.05, 4.69) is 0 Å². The normalized spacial score (nSPS) is 10.2. The lowest BCUT2D eigenvalue weighted by atomic mass is 10.2. The maximum absolute atomic E-state index is 13.2. The van der Waals surface area contributed by atoms with Crippen molar-refractivity contribution in [2.45, 2.75) is 6.61 Å². The van der Waals surface area contributed by atoms with E-state index >= 15 is 0 Å². The second-order valence-corrected chi connectivity index (χ2v) is 4.38. The van der Waals surface area contributed by atoms with E-state index in [9.17, 15) is 4.39 Å². The van der Waals surface area contributed by atoms with Crippen molar-refractivity contribution in [1.82, 2.24) is 0 Å². The van der Waals surface area contributed by atoms with Gasteiger partial charge in [-0.15, -0.1) is 0 Å². The van der Waals surface area contributed by atoms with Crippen LogP contribution in [-0.2, 0) is 6.61 Å². The van der Waals surface area contributed by atoms with Crippen molar-refractivity contribution in [2.24, 2.45) is 5.73 Å². The molecule has 2 aromatic rings. The molecule has 3 N–H and O–H groups in total. The predicted octanol–water partition coefficient (Wildman–Crippen LogP) is 3.34. The third-order valence-electron chi connectivity index (χ3n) is 2.55. The molecule has 0 aliphatic carbocycles. The van der Waals surface area contributed by atoms with Crippen LogP contribution >= 0.6 is 11.6 Å². The third-order valence-corrected chi connectivity index (χ3v) is 2.86. The highest BCUT2D eigenvalue weighted by Gasteiger charge is 2.02. The summed E-state index contributed by atoms with van der Waals surface area (Å²) in [5.41, 5.74) is 6.67. The van der Waals surface area contributed by atoms with Crippen LogP contribution in [0.1, 0.15) is 11.1 Å². The van der Waals surface area contributed by atoms with Crippen LogP contribution < -0.4 is 10.5 Å². The maximum atomic E-state index is 13.2. The van der Waals surface area contributed by atoms with Crippen molar-refractivity contribution in [2.75, 3.05) is 0 Å². The molecule has 0 fully saturated rings. The van der Waals surface area contributed by atoms with Gasteiger partial charge in [-0.2, -0.15) is 0 Å². The Morgan fingerprint density at radius 2 is 1.89 bits per heavy atom. The zero-order chi connectivity index (χ0) is 13.8. The topological polar surface area (TPSA) is 59.1 Å². The van der Waals surface area contributed by atoms with Crippen molar-refractivity contribution in [3.63, 3.8) is 0 Å². The molecule has 2 aromatic carbocycles. The Morgan fingerprint density at radius 1 is 1.21 bits per heavy atom. The van der Waals surface area contributed by atoms with E-state index in [-0.39, 0.29) is 17.5 Å². The summed E-state index contributed by atoms with van der Waals surface area (Å²) >= 11 is 5.60. The molecule has 0 saturated carbocycles. The van der Waals surface area contributed by atoms with Crippen molar-refractivity contribution in [1.29, 1.82) is 5.41 Å². The molecule has 0 aliphatic heterocycles. The number of nitrogens with two attached hydrogens (primary N) is 1. The second kappa shape index (κ2) is 5.71. The standard InChI is InChI=1S/C14H12ClFN2O/c15-12-6-1-9(7-13(12)16)8-19-11-4-2-10(3-5-11)14(17)18/h1-7H,8H2,(H3,17,18). The number of nitrogen functional groups attached to an aromatic ring is 1. The fraction of sp³-hybridized carbons (Fsp3) is 0.0714. The molecule has 0 spiro atoms. The van der Waals surface area contributed by atoms with Crippen LogP contribution in [0, 0.1) is 11.2 Å². The second-order valence-electron chi connectivity index (χ2n) is 3.98. The minimum absolute atomic E-state index is 0.00585. The van der Waals surface area contributed by atoms with Gasteiger partial charge in [0.15, 0.2) is 0 Å². The Hall–Kier alpha value is -2.07. The number of ether oxygens (including phenoxy) is 1. The minimum atomic E-state index is -0.463. The summed E-state index contributed by atoms with van der Waals surface area (Å²) in [4.78, 5) is 0. The zero-order valence-electron chi connectivity index (χ0n) is 9.99. The molecule has 0 unspecified atom stereocenters. The summed E-state index contributed by atoms with van der Waals surface area (Å²) in [6.45, 7) is 0.244. The summed E-state index contributed by atoms with van der Waals surface area (Å²) in [5.74, 6) is 0.168. The van der Waals surface area contributed by atoms with Gasteiger partial charge < -0.3 is 10.5 Å². The van der Waals surface area contributed by atoms with E-state index in [0.29, 0.717) is 16.9 Å². The Balaban J connectivity index is 2.01. The van der Waals surface area contributed by atoms with E-state index in [1.807, 2.05) is 0 Å². The molecule has 0 heterocycles. The summed E-state index contributed by atoms with van der Waals surface area (Å²) < 4.78 is 18.7. The fourth-order valence-electron chi connectivity index (χ4n) is 1.53. The fourth-order valence-corrected chi connectivity index (χ4v) is 1.64. The Labute approximate surface area is 115 Å². The van der Waals surface area contributed by atoms with Crippen LogP contribution in [0.5, 0.6) is 5.75 Å². The first kappa shape index (κ1) is 13.4. The van der Waals surface area contributed by atoms with Gasteiger partial charge in [-0.3, -0.25) is 5.41 Å². The lowest BCUT2D eigenvalue weighted by Crippen LogP contribution is -2.10. The number of benzene rings is 2. The molecular weight excluding hydrogens is 267 g/mol. The number of hydrogen-bond acceptors (Lipinski definition) is 2. The summed E-state index contributed by atoms with van der Waals surface area (Å²) in [6, 6.07) is 11.3. The van der Waals surface area contributed by atoms with Crippen LogP contribution in [0.2, 0.25) is 5.02 Å². The van der Waals surface area contributed by atoms with Gasteiger partial charge in [0, 0.05) is 5.56 Å². The average molecular weight is 279 g/mol. The molecule has 5 heteroatoms. The summed E-state index contributed by atoms with van der Waals surface area (Å²) in [6.07, 6.45) is 0. The average Bonchev–Trinajstić information content (AvgIpc) is 2.40. The lowest BCUT2D eigenvalue weighted by molar-refractivity contribution is 0.305. The van der Waals surface area contributed by atoms with Gasteiger partial charge in [0.25, 0.3) is 0 Å². The van der Waals surface area contributed by atoms with E-state index < -0.39 is 5.82 Å². The number of nitrogens with one attached hydrogen (secondary N) is 1. The molecule has 0 saturated heterocycles. The highest BCUT2D eigenvalue weighted by Crippen LogP contribution is 2.18. The van der Waals surface area contributed by atoms with Gasteiger partial charge in [0.2, 0.25) is 0 Å². The van der Waals surface area contributed by atoms with E-state index in [0.717, 1.165) is 0 Å². The van der Waals surface area contributed by atoms with Gasteiger partial charge in [-0.25, -0.2) is 4.39 Å². The molecule has 0 aromatic heterocycles. The van der Waals surface area contributed by atoms with Gasteiger partial charge >= 0.3 is 0 Å². The summed E-state index contributed by atoms with van der Waals surface area (Å²) in [5, 5.41) is 7.36. The number of halogens is 2. The molecule has 0 amide bonds. The van der Waals surface area contributed by atoms with Crippen LogP contribution in [0.4, 0.5) is 4.39 Å². The quantitative estimate of drug-likeness (QED) is 0.666. The smallest absolute Gasteiger partial charge is 0.142 e. The highest BCUT2D eigenvalue weighted by molar-refractivity contribution is 6.30. The van der Waals surface area contributed by atoms with Crippen molar-refractivity contribution < 1.29 is 9.13 Å². The first-order chi connectivity index (χ1) is 9.06. The number of hydrogen-bond donors (Lipinski definition) is 2. The zero-order valence-corrected chi connectivity index (χ0v) is 10.7. The molecule has 0 atom stereocenters.